The van der Waals surface area contributed by atoms with Crippen molar-refractivity contribution in [3.05, 3.63) is 24.3 Å². The second-order valence-corrected chi connectivity index (χ2v) is 5.27. The third-order valence-corrected chi connectivity index (χ3v) is 3.64. The van der Waals surface area contributed by atoms with Crippen LogP contribution in [-0.2, 0) is 9.59 Å². The molecule has 0 atom stereocenters. The van der Waals surface area contributed by atoms with E-state index in [0.717, 1.165) is 26.1 Å². The summed E-state index contributed by atoms with van der Waals surface area (Å²) in [6.45, 7) is 4.88. The lowest BCUT2D eigenvalue weighted by molar-refractivity contribution is -0.128. The van der Waals surface area contributed by atoms with Gasteiger partial charge in [0.05, 0.1) is 17.9 Å². The summed E-state index contributed by atoms with van der Waals surface area (Å²) in [4.78, 5) is 27.3. The van der Waals surface area contributed by atoms with Gasteiger partial charge in [-0.05, 0) is 18.6 Å². The van der Waals surface area contributed by atoms with Gasteiger partial charge in [-0.3, -0.25) is 14.5 Å². The summed E-state index contributed by atoms with van der Waals surface area (Å²) in [5.74, 6) is 0.0162. The van der Waals surface area contributed by atoms with Gasteiger partial charge in [0.1, 0.15) is 0 Å². The minimum absolute atomic E-state index is 0.0795. The molecule has 0 unspecified atom stereocenters. The molecular weight excluding hydrogens is 268 g/mol. The zero-order chi connectivity index (χ0) is 15.2. The predicted octanol–water partition coefficient (Wildman–Crippen LogP) is 0.761. The van der Waals surface area contributed by atoms with Gasteiger partial charge in [-0.2, -0.15) is 0 Å². The minimum Gasteiger partial charge on any atom is -0.397 e. The van der Waals surface area contributed by atoms with Crippen LogP contribution >= 0.6 is 0 Å². The number of anilines is 2. The molecule has 2 rings (SSSR count). The van der Waals surface area contributed by atoms with E-state index in [0.29, 0.717) is 24.5 Å². The Labute approximate surface area is 124 Å². The van der Waals surface area contributed by atoms with Crippen molar-refractivity contribution in [1.82, 2.24) is 9.80 Å². The summed E-state index contributed by atoms with van der Waals surface area (Å²) in [6, 6.07) is 7.21. The van der Waals surface area contributed by atoms with Crippen LogP contribution in [0.1, 0.15) is 13.3 Å². The Morgan fingerprint density at radius 3 is 2.67 bits per heavy atom. The van der Waals surface area contributed by atoms with Crippen molar-refractivity contribution in [3.63, 3.8) is 0 Å². The topological polar surface area (TPSA) is 78.7 Å². The summed E-state index contributed by atoms with van der Waals surface area (Å²) in [5, 5.41) is 2.83. The number of nitrogens with zero attached hydrogens (tertiary/aromatic N) is 2. The molecule has 1 aliphatic heterocycles. The first kappa shape index (κ1) is 15.3. The predicted molar refractivity (Wildman–Crippen MR) is 82.8 cm³/mol. The normalized spacial score (nSPS) is 16.3. The fourth-order valence-corrected chi connectivity index (χ4v) is 2.45. The van der Waals surface area contributed by atoms with E-state index < -0.39 is 0 Å². The zero-order valence-electron chi connectivity index (χ0n) is 12.3. The molecule has 3 N–H and O–H groups in total. The molecule has 1 heterocycles. The van der Waals surface area contributed by atoms with Gasteiger partial charge in [-0.1, -0.05) is 12.1 Å². The van der Waals surface area contributed by atoms with E-state index >= 15 is 0 Å². The van der Waals surface area contributed by atoms with Crippen LogP contribution in [0.4, 0.5) is 11.4 Å². The summed E-state index contributed by atoms with van der Waals surface area (Å²) in [5.41, 5.74) is 7.01. The number of rotatable bonds is 3. The van der Waals surface area contributed by atoms with Crippen LogP contribution in [0.15, 0.2) is 24.3 Å². The van der Waals surface area contributed by atoms with Crippen LogP contribution in [0.3, 0.4) is 0 Å². The second kappa shape index (κ2) is 7.08. The SMILES string of the molecule is CC(=O)N1CCCN(CC(=O)Nc2ccccc2N)CC1. The summed E-state index contributed by atoms with van der Waals surface area (Å²) in [6.07, 6.45) is 0.889. The Hall–Kier alpha value is -2.08. The third kappa shape index (κ3) is 4.46. The average Bonchev–Trinajstić information content (AvgIpc) is 2.67. The molecule has 1 aliphatic rings. The van der Waals surface area contributed by atoms with Gasteiger partial charge >= 0.3 is 0 Å². The van der Waals surface area contributed by atoms with Crippen molar-refractivity contribution in [2.24, 2.45) is 0 Å². The lowest BCUT2D eigenvalue weighted by atomic mass is 10.2. The lowest BCUT2D eigenvalue weighted by Crippen LogP contribution is -2.37. The number of carbonyl (C=O) groups excluding carboxylic acids is 2. The van der Waals surface area contributed by atoms with Crippen molar-refractivity contribution in [2.75, 3.05) is 43.8 Å². The monoisotopic (exact) mass is 290 g/mol. The first-order valence-corrected chi connectivity index (χ1v) is 7.18. The molecule has 6 heteroatoms. The Bertz CT molecular complexity index is 518. The van der Waals surface area contributed by atoms with Crippen LogP contribution in [0.25, 0.3) is 0 Å². The number of hydrogen-bond donors (Lipinski definition) is 2. The van der Waals surface area contributed by atoms with E-state index in [1.165, 1.54) is 0 Å². The van der Waals surface area contributed by atoms with Gasteiger partial charge in [0.15, 0.2) is 0 Å². The molecule has 6 nitrogen and oxygen atoms in total. The number of benzene rings is 1. The summed E-state index contributed by atoms with van der Waals surface area (Å²) >= 11 is 0. The first-order valence-electron chi connectivity index (χ1n) is 7.18. The highest BCUT2D eigenvalue weighted by molar-refractivity contribution is 5.95. The van der Waals surface area contributed by atoms with E-state index in [1.54, 1.807) is 19.1 Å². The van der Waals surface area contributed by atoms with Crippen LogP contribution < -0.4 is 11.1 Å². The fourth-order valence-electron chi connectivity index (χ4n) is 2.45. The molecule has 2 amide bonds. The van der Waals surface area contributed by atoms with Gasteiger partial charge in [-0.25, -0.2) is 0 Å². The molecule has 1 fully saturated rings. The number of nitrogens with two attached hydrogens (primary N) is 1. The Balaban J connectivity index is 1.85. The number of para-hydroxylation sites is 2. The molecule has 0 spiro atoms. The van der Waals surface area contributed by atoms with Crippen molar-refractivity contribution in [3.8, 4) is 0 Å². The maximum atomic E-state index is 12.1. The van der Waals surface area contributed by atoms with Crippen LogP contribution in [0.2, 0.25) is 0 Å². The molecule has 0 bridgehead atoms. The molecule has 1 aromatic carbocycles. The van der Waals surface area contributed by atoms with E-state index in [4.69, 9.17) is 5.73 Å². The lowest BCUT2D eigenvalue weighted by Gasteiger charge is -2.20. The highest BCUT2D eigenvalue weighted by Gasteiger charge is 2.18. The van der Waals surface area contributed by atoms with Crippen molar-refractivity contribution < 1.29 is 9.59 Å². The number of amides is 2. The number of nitrogens with one attached hydrogen (secondary N) is 1. The van der Waals surface area contributed by atoms with Gasteiger partial charge in [0.2, 0.25) is 11.8 Å². The molecule has 1 saturated heterocycles. The molecule has 0 aliphatic carbocycles. The molecule has 21 heavy (non-hydrogen) atoms. The van der Waals surface area contributed by atoms with Crippen molar-refractivity contribution >= 4 is 23.2 Å². The maximum absolute atomic E-state index is 12.1. The molecule has 0 radical (unpaired) electrons. The molecular formula is C15H22N4O2. The zero-order valence-corrected chi connectivity index (χ0v) is 12.3. The van der Waals surface area contributed by atoms with Crippen LogP contribution in [0.5, 0.6) is 0 Å². The number of hydrogen-bond acceptors (Lipinski definition) is 4. The molecule has 0 saturated carbocycles. The van der Waals surface area contributed by atoms with Gasteiger partial charge in [0, 0.05) is 33.1 Å². The molecule has 1 aromatic rings. The Morgan fingerprint density at radius 2 is 1.95 bits per heavy atom. The van der Waals surface area contributed by atoms with Crippen molar-refractivity contribution in [1.29, 1.82) is 0 Å². The van der Waals surface area contributed by atoms with Crippen molar-refractivity contribution in [2.45, 2.75) is 13.3 Å². The first-order chi connectivity index (χ1) is 10.1. The average molecular weight is 290 g/mol. The fraction of sp³-hybridized carbons (Fsp3) is 0.467. The molecule has 0 aromatic heterocycles. The second-order valence-electron chi connectivity index (χ2n) is 5.27. The standard InChI is InChI=1S/C15H22N4O2/c1-12(20)19-8-4-7-18(9-10-19)11-15(21)17-14-6-3-2-5-13(14)16/h2-3,5-6H,4,7-11,16H2,1H3,(H,17,21). The third-order valence-electron chi connectivity index (χ3n) is 3.64. The summed E-state index contributed by atoms with van der Waals surface area (Å²) < 4.78 is 0. The van der Waals surface area contributed by atoms with E-state index in [9.17, 15) is 9.59 Å². The Morgan fingerprint density at radius 1 is 1.19 bits per heavy atom. The number of carbonyl (C=O) groups is 2. The quantitative estimate of drug-likeness (QED) is 0.806. The van der Waals surface area contributed by atoms with Crippen LogP contribution in [0, 0.1) is 0 Å². The largest absolute Gasteiger partial charge is 0.397 e. The maximum Gasteiger partial charge on any atom is 0.238 e. The van der Waals surface area contributed by atoms with E-state index in [2.05, 4.69) is 10.2 Å². The smallest absolute Gasteiger partial charge is 0.238 e. The van der Waals surface area contributed by atoms with E-state index in [-0.39, 0.29) is 11.8 Å². The van der Waals surface area contributed by atoms with E-state index in [1.807, 2.05) is 17.0 Å². The van der Waals surface area contributed by atoms with Crippen LogP contribution in [-0.4, -0.2) is 54.3 Å². The highest BCUT2D eigenvalue weighted by atomic mass is 16.2. The van der Waals surface area contributed by atoms with Gasteiger partial charge in [-0.15, -0.1) is 0 Å². The summed E-state index contributed by atoms with van der Waals surface area (Å²) in [7, 11) is 0. The minimum atomic E-state index is -0.0795. The number of nitrogen functional groups attached to an aromatic ring is 1. The highest BCUT2D eigenvalue weighted by Crippen LogP contribution is 2.16. The Kier molecular flexibility index (Phi) is 5.16. The van der Waals surface area contributed by atoms with Gasteiger partial charge < -0.3 is 16.0 Å². The molecule has 114 valence electrons. The van der Waals surface area contributed by atoms with Gasteiger partial charge in [0.25, 0.3) is 0 Å².